The monoisotopic (exact) mass is 268 g/mol. The molecule has 106 valence electrons. The first-order valence-corrected chi connectivity index (χ1v) is 5.96. The number of aliphatic hydroxyl groups excluding tert-OH is 1. The van der Waals surface area contributed by atoms with Crippen LogP contribution in [0.25, 0.3) is 0 Å². The van der Waals surface area contributed by atoms with Crippen molar-refractivity contribution in [2.45, 2.75) is 0 Å². The Morgan fingerprint density at radius 2 is 2.11 bits per heavy atom. The van der Waals surface area contributed by atoms with Crippen LogP contribution in [0.2, 0.25) is 0 Å². The second-order valence-corrected chi connectivity index (χ2v) is 3.97. The molecule has 6 heteroatoms. The van der Waals surface area contributed by atoms with Crippen molar-refractivity contribution < 1.29 is 19.4 Å². The van der Waals surface area contributed by atoms with Gasteiger partial charge in [0.05, 0.1) is 31.6 Å². The minimum absolute atomic E-state index is 0.0191. The molecule has 0 aliphatic rings. The minimum Gasteiger partial charge on any atom is -0.465 e. The van der Waals surface area contributed by atoms with Crippen LogP contribution in [0.3, 0.4) is 0 Å². The first kappa shape index (κ1) is 15.3. The van der Waals surface area contributed by atoms with Gasteiger partial charge < -0.3 is 25.2 Å². The van der Waals surface area contributed by atoms with Crippen LogP contribution in [-0.2, 0) is 9.47 Å². The van der Waals surface area contributed by atoms with E-state index in [0.29, 0.717) is 36.6 Å². The highest BCUT2D eigenvalue weighted by atomic mass is 16.5. The molecule has 0 spiro atoms. The lowest BCUT2D eigenvalue weighted by Crippen LogP contribution is -2.31. The minimum atomic E-state index is -0.456. The fourth-order valence-electron chi connectivity index (χ4n) is 1.78. The number of rotatable bonds is 7. The van der Waals surface area contributed by atoms with Crippen molar-refractivity contribution in [3.63, 3.8) is 0 Å². The lowest BCUT2D eigenvalue weighted by atomic mass is 10.1. The van der Waals surface area contributed by atoms with E-state index in [1.807, 2.05) is 4.90 Å². The van der Waals surface area contributed by atoms with E-state index in [2.05, 4.69) is 0 Å². The highest BCUT2D eigenvalue weighted by molar-refractivity contribution is 5.97. The first-order chi connectivity index (χ1) is 9.13. The molecular formula is C13H20N2O4. The molecule has 0 amide bonds. The van der Waals surface area contributed by atoms with Crippen LogP contribution in [0, 0.1) is 0 Å². The summed E-state index contributed by atoms with van der Waals surface area (Å²) >= 11 is 0. The first-order valence-electron chi connectivity index (χ1n) is 5.96. The summed E-state index contributed by atoms with van der Waals surface area (Å²) in [6, 6.07) is 5.02. The van der Waals surface area contributed by atoms with Crippen molar-refractivity contribution >= 4 is 17.3 Å². The van der Waals surface area contributed by atoms with Gasteiger partial charge in [-0.1, -0.05) is 0 Å². The van der Waals surface area contributed by atoms with E-state index < -0.39 is 5.97 Å². The molecule has 0 bridgehead atoms. The predicted octanol–water partition coefficient (Wildman–Crippen LogP) is 0.501. The number of carbonyl (C=O) groups is 1. The summed E-state index contributed by atoms with van der Waals surface area (Å²) in [5.41, 5.74) is 7.23. The van der Waals surface area contributed by atoms with Gasteiger partial charge in [-0.25, -0.2) is 4.79 Å². The Balaban J connectivity index is 3.09. The second-order valence-electron chi connectivity index (χ2n) is 3.97. The van der Waals surface area contributed by atoms with Crippen LogP contribution in [0.1, 0.15) is 10.4 Å². The van der Waals surface area contributed by atoms with Crippen LogP contribution in [0.4, 0.5) is 11.4 Å². The number of carbonyl (C=O) groups excluding carboxylic acids is 1. The van der Waals surface area contributed by atoms with E-state index in [4.69, 9.17) is 20.3 Å². The number of hydrogen-bond donors (Lipinski definition) is 2. The number of nitrogens with zero attached hydrogens (tertiary/aromatic N) is 1. The Labute approximate surface area is 112 Å². The van der Waals surface area contributed by atoms with E-state index in [0.717, 1.165) is 0 Å². The normalized spacial score (nSPS) is 10.3. The van der Waals surface area contributed by atoms with Gasteiger partial charge in [-0.3, -0.25) is 0 Å². The highest BCUT2D eigenvalue weighted by Gasteiger charge is 2.17. The van der Waals surface area contributed by atoms with E-state index in [-0.39, 0.29) is 6.61 Å². The number of methoxy groups -OCH3 is 2. The molecule has 0 aliphatic carbocycles. The largest absolute Gasteiger partial charge is 0.465 e. The summed E-state index contributed by atoms with van der Waals surface area (Å²) in [6.07, 6.45) is 0. The number of aliphatic hydroxyl groups is 1. The molecule has 1 aromatic carbocycles. The molecule has 0 unspecified atom stereocenters. The average molecular weight is 268 g/mol. The summed E-state index contributed by atoms with van der Waals surface area (Å²) in [5.74, 6) is -0.456. The van der Waals surface area contributed by atoms with Crippen LogP contribution in [0.15, 0.2) is 18.2 Å². The third-order valence-corrected chi connectivity index (χ3v) is 2.70. The Morgan fingerprint density at radius 1 is 1.37 bits per heavy atom. The zero-order valence-electron chi connectivity index (χ0n) is 11.3. The fraction of sp³-hybridized carbons (Fsp3) is 0.462. The van der Waals surface area contributed by atoms with Crippen LogP contribution < -0.4 is 10.6 Å². The van der Waals surface area contributed by atoms with Crippen LogP contribution in [-0.4, -0.2) is 51.6 Å². The Bertz CT molecular complexity index is 423. The molecule has 0 aliphatic heterocycles. The molecule has 0 fully saturated rings. The van der Waals surface area contributed by atoms with Gasteiger partial charge in [0, 0.05) is 25.9 Å². The van der Waals surface area contributed by atoms with Crippen LogP contribution in [0.5, 0.6) is 0 Å². The number of anilines is 2. The topological polar surface area (TPSA) is 85.0 Å². The zero-order chi connectivity index (χ0) is 14.3. The molecule has 0 atom stereocenters. The molecule has 1 aromatic rings. The maximum Gasteiger partial charge on any atom is 0.340 e. The van der Waals surface area contributed by atoms with Gasteiger partial charge in [0.25, 0.3) is 0 Å². The van der Waals surface area contributed by atoms with Gasteiger partial charge in [0.1, 0.15) is 0 Å². The summed E-state index contributed by atoms with van der Waals surface area (Å²) < 4.78 is 9.78. The van der Waals surface area contributed by atoms with Gasteiger partial charge in [0.15, 0.2) is 0 Å². The number of esters is 1. The number of ether oxygens (including phenoxy) is 2. The number of benzene rings is 1. The predicted molar refractivity (Wildman–Crippen MR) is 73.4 cm³/mol. The van der Waals surface area contributed by atoms with E-state index in [1.54, 1.807) is 25.3 Å². The molecule has 3 N–H and O–H groups in total. The standard InChI is InChI=1S/C13H20N2O4/c1-18-8-6-15(5-7-16)12-4-3-10(14)9-11(12)13(17)19-2/h3-4,9,16H,5-8,14H2,1-2H3. The quantitative estimate of drug-likeness (QED) is 0.553. The smallest absolute Gasteiger partial charge is 0.340 e. The lowest BCUT2D eigenvalue weighted by molar-refractivity contribution is 0.0601. The van der Waals surface area contributed by atoms with Crippen molar-refractivity contribution in [2.24, 2.45) is 0 Å². The van der Waals surface area contributed by atoms with Crippen molar-refractivity contribution in [3.8, 4) is 0 Å². The maximum absolute atomic E-state index is 11.8. The molecule has 19 heavy (non-hydrogen) atoms. The van der Waals surface area contributed by atoms with Crippen molar-refractivity contribution in [1.82, 2.24) is 0 Å². The Hall–Kier alpha value is -1.79. The zero-order valence-corrected chi connectivity index (χ0v) is 11.3. The fourth-order valence-corrected chi connectivity index (χ4v) is 1.78. The Morgan fingerprint density at radius 3 is 2.68 bits per heavy atom. The average Bonchev–Trinajstić information content (AvgIpc) is 2.42. The van der Waals surface area contributed by atoms with Crippen molar-refractivity contribution in [1.29, 1.82) is 0 Å². The summed E-state index contributed by atoms with van der Waals surface area (Å²) in [5, 5.41) is 9.12. The summed E-state index contributed by atoms with van der Waals surface area (Å²) in [7, 11) is 2.92. The molecule has 0 aromatic heterocycles. The van der Waals surface area contributed by atoms with E-state index in [9.17, 15) is 4.79 Å². The van der Waals surface area contributed by atoms with Gasteiger partial charge in [-0.05, 0) is 18.2 Å². The number of nitrogens with two attached hydrogens (primary N) is 1. The number of hydrogen-bond acceptors (Lipinski definition) is 6. The molecule has 0 radical (unpaired) electrons. The number of nitrogen functional groups attached to an aromatic ring is 1. The van der Waals surface area contributed by atoms with Gasteiger partial charge in [0.2, 0.25) is 0 Å². The van der Waals surface area contributed by atoms with Crippen molar-refractivity contribution in [3.05, 3.63) is 23.8 Å². The van der Waals surface area contributed by atoms with E-state index in [1.165, 1.54) is 7.11 Å². The summed E-state index contributed by atoms with van der Waals surface area (Å²) in [6.45, 7) is 1.43. The van der Waals surface area contributed by atoms with Gasteiger partial charge in [-0.15, -0.1) is 0 Å². The third-order valence-electron chi connectivity index (χ3n) is 2.70. The molecular weight excluding hydrogens is 248 g/mol. The third kappa shape index (κ3) is 4.11. The Kier molecular flexibility index (Phi) is 6.11. The molecule has 0 saturated heterocycles. The lowest BCUT2D eigenvalue weighted by Gasteiger charge is -2.25. The summed E-state index contributed by atoms with van der Waals surface area (Å²) in [4.78, 5) is 13.6. The molecule has 0 heterocycles. The SMILES string of the molecule is COCCN(CCO)c1ccc(N)cc1C(=O)OC. The molecule has 0 saturated carbocycles. The van der Waals surface area contributed by atoms with Crippen LogP contribution >= 0.6 is 0 Å². The van der Waals surface area contributed by atoms with E-state index >= 15 is 0 Å². The van der Waals surface area contributed by atoms with Crippen molar-refractivity contribution in [2.75, 3.05) is 51.2 Å². The molecule has 6 nitrogen and oxygen atoms in total. The van der Waals surface area contributed by atoms with Gasteiger partial charge in [-0.2, -0.15) is 0 Å². The maximum atomic E-state index is 11.8. The second kappa shape index (κ2) is 7.60. The highest BCUT2D eigenvalue weighted by Crippen LogP contribution is 2.23. The molecule has 1 rings (SSSR count). The van der Waals surface area contributed by atoms with Gasteiger partial charge >= 0.3 is 5.97 Å².